The number of hydrogen-bond donors (Lipinski definition) is 0. The molecule has 6 heteroatoms. The van der Waals surface area contributed by atoms with Crippen LogP contribution in [0.5, 0.6) is 0 Å². The van der Waals surface area contributed by atoms with Crippen molar-refractivity contribution in [3.63, 3.8) is 0 Å². The zero-order valence-electron chi connectivity index (χ0n) is 16.0. The molecule has 0 saturated carbocycles. The van der Waals surface area contributed by atoms with E-state index in [2.05, 4.69) is 0 Å². The number of ether oxygens (including phenoxy) is 1. The topological polar surface area (TPSA) is 18.5 Å². The summed E-state index contributed by atoms with van der Waals surface area (Å²) >= 11 is 1.90. The van der Waals surface area contributed by atoms with E-state index in [1.165, 1.54) is 50.7 Å². The molecule has 0 amide bonds. The zero-order valence-corrected chi connectivity index (χ0v) is 18.2. The summed E-state index contributed by atoms with van der Waals surface area (Å²) in [4.78, 5) is 0. The minimum Gasteiger partial charge on any atom is -0.381 e. The predicted octanol–water partition coefficient (Wildman–Crippen LogP) is 7.53. The van der Waals surface area contributed by atoms with E-state index in [1.807, 2.05) is 23.0 Å². The van der Waals surface area contributed by atoms with Crippen LogP contribution >= 0.6 is 23.0 Å². The van der Waals surface area contributed by atoms with E-state index in [-0.39, 0.29) is 0 Å². The summed E-state index contributed by atoms with van der Waals surface area (Å²) in [5.41, 5.74) is 0.427. The van der Waals surface area contributed by atoms with E-state index < -0.39 is 11.7 Å². The highest BCUT2D eigenvalue weighted by molar-refractivity contribution is 14.1. The van der Waals surface area contributed by atoms with Crippen molar-refractivity contribution in [2.75, 3.05) is 19.8 Å². The van der Waals surface area contributed by atoms with Gasteiger partial charge in [-0.05, 0) is 43.4 Å². The Morgan fingerprint density at radius 3 is 1.74 bits per heavy atom. The summed E-state index contributed by atoms with van der Waals surface area (Å²) < 4.78 is 48.0. The van der Waals surface area contributed by atoms with Gasteiger partial charge in [0.25, 0.3) is 0 Å². The van der Waals surface area contributed by atoms with Crippen LogP contribution in [0.15, 0.2) is 24.3 Å². The van der Waals surface area contributed by atoms with Crippen LogP contribution in [0.25, 0.3) is 0 Å². The lowest BCUT2D eigenvalue weighted by atomic mass is 10.0. The number of benzene rings is 1. The van der Waals surface area contributed by atoms with Crippen LogP contribution in [0, 0.1) is 0 Å². The average Bonchev–Trinajstić information content (AvgIpc) is 2.64. The Labute approximate surface area is 175 Å². The number of rotatable bonds is 16. The monoisotopic (exact) mass is 500 g/mol. The quantitative estimate of drug-likeness (QED) is 0.173. The summed E-state index contributed by atoms with van der Waals surface area (Å²) in [5.74, 6) is 0. The van der Waals surface area contributed by atoms with Crippen LogP contribution in [-0.2, 0) is 20.4 Å². The number of halogens is 4. The van der Waals surface area contributed by atoms with Crippen molar-refractivity contribution in [1.82, 2.24) is 0 Å². The summed E-state index contributed by atoms with van der Waals surface area (Å²) in [6.07, 6.45) is 8.43. The molecular formula is C21H32F3IO2. The van der Waals surface area contributed by atoms with Crippen molar-refractivity contribution in [2.24, 2.45) is 0 Å². The highest BCUT2D eigenvalue weighted by atomic mass is 127. The van der Waals surface area contributed by atoms with Gasteiger partial charge in [-0.25, -0.2) is 0 Å². The van der Waals surface area contributed by atoms with Crippen LogP contribution in [-0.4, -0.2) is 19.8 Å². The van der Waals surface area contributed by atoms with E-state index in [9.17, 15) is 13.2 Å². The third-order valence-corrected chi connectivity index (χ3v) is 4.99. The van der Waals surface area contributed by atoms with Crippen LogP contribution in [0.2, 0.25) is 0 Å². The van der Waals surface area contributed by atoms with Crippen molar-refractivity contribution < 1.29 is 21.0 Å². The molecule has 156 valence electrons. The molecule has 27 heavy (non-hydrogen) atoms. The Kier molecular flexibility index (Phi) is 14.2. The lowest BCUT2D eigenvalue weighted by Gasteiger charge is -2.07. The molecule has 0 saturated heterocycles. The molecule has 0 aliphatic carbocycles. The van der Waals surface area contributed by atoms with Gasteiger partial charge in [0.2, 0.25) is 0 Å². The summed E-state index contributed by atoms with van der Waals surface area (Å²) in [5, 5.41) is 0. The minimum absolute atomic E-state index is 0.566. The van der Waals surface area contributed by atoms with Gasteiger partial charge in [0.15, 0.2) is 0 Å². The molecule has 0 N–H and O–H groups in total. The Morgan fingerprint density at radius 1 is 0.667 bits per heavy atom. The SMILES string of the molecule is FC(F)(F)c1ccc(CCCCCCCCCCCOCCCOI)cc1. The molecule has 0 spiro atoms. The molecule has 1 aromatic carbocycles. The number of aryl methyl sites for hydroxylation is 1. The van der Waals surface area contributed by atoms with Gasteiger partial charge in [-0.15, -0.1) is 0 Å². The first kappa shape index (κ1) is 24.7. The average molecular weight is 500 g/mol. The Balaban J connectivity index is 1.87. The largest absolute Gasteiger partial charge is 0.416 e. The van der Waals surface area contributed by atoms with Crippen LogP contribution in [0.4, 0.5) is 13.2 Å². The molecule has 0 fully saturated rings. The fourth-order valence-electron chi connectivity index (χ4n) is 2.95. The van der Waals surface area contributed by atoms with Crippen molar-refractivity contribution in [3.8, 4) is 0 Å². The molecule has 0 radical (unpaired) electrons. The van der Waals surface area contributed by atoms with E-state index in [4.69, 9.17) is 7.80 Å². The molecule has 0 aliphatic rings. The van der Waals surface area contributed by atoms with Gasteiger partial charge < -0.3 is 7.80 Å². The maximum Gasteiger partial charge on any atom is 0.416 e. The predicted molar refractivity (Wildman–Crippen MR) is 112 cm³/mol. The van der Waals surface area contributed by atoms with Crippen molar-refractivity contribution in [3.05, 3.63) is 35.4 Å². The highest BCUT2D eigenvalue weighted by Gasteiger charge is 2.29. The maximum atomic E-state index is 12.5. The second-order valence-corrected chi connectivity index (χ2v) is 7.53. The standard InChI is InChI=1S/C21H32F3IO2/c22-21(23,24)20-14-12-19(13-15-20)11-8-6-4-2-1-3-5-7-9-16-26-17-10-18-27-25/h12-15H,1-11,16-18H2. The molecule has 0 aromatic heterocycles. The second-order valence-electron chi connectivity index (χ2n) is 6.91. The second kappa shape index (κ2) is 15.6. The fourth-order valence-corrected chi connectivity index (χ4v) is 3.26. The summed E-state index contributed by atoms with van der Waals surface area (Å²) in [6.45, 7) is 2.39. The van der Waals surface area contributed by atoms with Gasteiger partial charge in [-0.1, -0.05) is 57.1 Å². The smallest absolute Gasteiger partial charge is 0.381 e. The zero-order chi connectivity index (χ0) is 19.8. The lowest BCUT2D eigenvalue weighted by Crippen LogP contribution is -2.04. The van der Waals surface area contributed by atoms with Gasteiger partial charge in [0, 0.05) is 13.2 Å². The highest BCUT2D eigenvalue weighted by Crippen LogP contribution is 2.29. The third-order valence-electron chi connectivity index (χ3n) is 4.55. The van der Waals surface area contributed by atoms with Gasteiger partial charge >= 0.3 is 6.18 Å². The first-order valence-electron chi connectivity index (χ1n) is 10.0. The molecule has 1 aromatic rings. The van der Waals surface area contributed by atoms with E-state index >= 15 is 0 Å². The molecule has 2 nitrogen and oxygen atoms in total. The van der Waals surface area contributed by atoms with Gasteiger partial charge in [0.05, 0.1) is 12.2 Å². The lowest BCUT2D eigenvalue weighted by molar-refractivity contribution is -0.137. The fraction of sp³-hybridized carbons (Fsp3) is 0.714. The first-order valence-corrected chi connectivity index (χ1v) is 10.9. The first-order chi connectivity index (χ1) is 13.0. The Bertz CT molecular complexity index is 463. The summed E-state index contributed by atoms with van der Waals surface area (Å²) in [7, 11) is 0. The van der Waals surface area contributed by atoms with E-state index in [0.717, 1.165) is 57.5 Å². The number of hydrogen-bond acceptors (Lipinski definition) is 2. The van der Waals surface area contributed by atoms with Crippen LogP contribution in [0.1, 0.15) is 75.3 Å². The van der Waals surface area contributed by atoms with Crippen molar-refractivity contribution in [1.29, 1.82) is 0 Å². The van der Waals surface area contributed by atoms with Gasteiger partial charge in [-0.2, -0.15) is 13.2 Å². The summed E-state index contributed by atoms with van der Waals surface area (Å²) in [6, 6.07) is 5.56. The molecule has 0 aliphatic heterocycles. The Morgan fingerprint density at radius 2 is 1.19 bits per heavy atom. The molecule has 1 rings (SSSR count). The van der Waals surface area contributed by atoms with E-state index in [1.54, 1.807) is 12.1 Å². The number of alkyl halides is 3. The van der Waals surface area contributed by atoms with Crippen LogP contribution in [0.3, 0.4) is 0 Å². The van der Waals surface area contributed by atoms with Gasteiger partial charge in [0.1, 0.15) is 23.0 Å². The Hall–Kier alpha value is -0.340. The minimum atomic E-state index is -4.24. The van der Waals surface area contributed by atoms with Crippen LogP contribution < -0.4 is 0 Å². The third kappa shape index (κ3) is 13.5. The van der Waals surface area contributed by atoms with E-state index in [0.29, 0.717) is 0 Å². The molecular weight excluding hydrogens is 468 g/mol. The van der Waals surface area contributed by atoms with Crippen molar-refractivity contribution >= 4 is 23.0 Å². The van der Waals surface area contributed by atoms with Crippen molar-refractivity contribution in [2.45, 2.75) is 76.8 Å². The molecule has 0 heterocycles. The van der Waals surface area contributed by atoms with Gasteiger partial charge in [-0.3, -0.25) is 0 Å². The molecule has 0 atom stereocenters. The maximum absolute atomic E-state index is 12.5. The molecule has 0 unspecified atom stereocenters. The number of unbranched alkanes of at least 4 members (excludes halogenated alkanes) is 8. The normalized spacial score (nSPS) is 11.9. The molecule has 0 bridgehead atoms.